The predicted molar refractivity (Wildman–Crippen MR) is 61.0 cm³/mol. The summed E-state index contributed by atoms with van der Waals surface area (Å²) < 4.78 is 1.66. The minimum absolute atomic E-state index is 0.378. The van der Waals surface area contributed by atoms with E-state index in [9.17, 15) is 4.79 Å². The zero-order valence-corrected chi connectivity index (χ0v) is 9.57. The lowest BCUT2D eigenvalue weighted by atomic mass is 9.92. The number of nitrogens with zero attached hydrogens (tertiary/aromatic N) is 2. The molecule has 0 atom stereocenters. The lowest BCUT2D eigenvalue weighted by Crippen LogP contribution is -2.29. The molecule has 0 bridgehead atoms. The van der Waals surface area contributed by atoms with E-state index in [0.717, 1.165) is 38.0 Å². The first-order valence-corrected chi connectivity index (χ1v) is 5.70. The second kappa shape index (κ2) is 4.65. The monoisotopic (exact) mass is 222 g/mol. The molecule has 0 aromatic carbocycles. The molecule has 1 amide bonds. The van der Waals surface area contributed by atoms with E-state index >= 15 is 0 Å². The van der Waals surface area contributed by atoms with E-state index in [-0.39, 0.29) is 5.91 Å². The number of hydrogen-bond acceptors (Lipinski definition) is 3. The van der Waals surface area contributed by atoms with Gasteiger partial charge in [-0.3, -0.25) is 9.48 Å². The molecule has 0 radical (unpaired) electrons. The molecule has 2 rings (SSSR count). The molecule has 1 fully saturated rings. The molecule has 0 spiro atoms. The highest BCUT2D eigenvalue weighted by Crippen LogP contribution is 2.19. The van der Waals surface area contributed by atoms with Crippen molar-refractivity contribution < 1.29 is 4.79 Å². The van der Waals surface area contributed by atoms with Gasteiger partial charge in [-0.2, -0.15) is 5.10 Å². The van der Waals surface area contributed by atoms with E-state index in [1.165, 1.54) is 0 Å². The van der Waals surface area contributed by atoms with E-state index in [4.69, 9.17) is 5.73 Å². The van der Waals surface area contributed by atoms with Crippen molar-refractivity contribution in [2.45, 2.75) is 19.3 Å². The van der Waals surface area contributed by atoms with Crippen LogP contribution in [0.3, 0.4) is 0 Å². The summed E-state index contributed by atoms with van der Waals surface area (Å²) in [6.07, 6.45) is 4.86. The molecule has 0 saturated carbocycles. The fourth-order valence-corrected chi connectivity index (χ4v) is 2.25. The smallest absolute Gasteiger partial charge is 0.252 e. The number of primary amides is 1. The highest BCUT2D eigenvalue weighted by molar-refractivity contribution is 5.93. The molecule has 1 saturated heterocycles. The van der Waals surface area contributed by atoms with Crippen molar-refractivity contribution in [3.63, 3.8) is 0 Å². The largest absolute Gasteiger partial charge is 0.365 e. The van der Waals surface area contributed by atoms with Crippen LogP contribution < -0.4 is 11.1 Å². The lowest BCUT2D eigenvalue weighted by molar-refractivity contribution is 0.0999. The number of aryl methyl sites for hydroxylation is 1. The first kappa shape index (κ1) is 11.1. The van der Waals surface area contributed by atoms with Crippen LogP contribution in [0, 0.1) is 5.92 Å². The van der Waals surface area contributed by atoms with Gasteiger partial charge in [-0.25, -0.2) is 0 Å². The zero-order chi connectivity index (χ0) is 11.5. The van der Waals surface area contributed by atoms with Crippen molar-refractivity contribution in [2.75, 3.05) is 13.1 Å². The van der Waals surface area contributed by atoms with Crippen molar-refractivity contribution in [1.82, 2.24) is 15.1 Å². The number of piperidine rings is 1. The quantitative estimate of drug-likeness (QED) is 0.759. The highest BCUT2D eigenvalue weighted by atomic mass is 16.1. The van der Waals surface area contributed by atoms with Gasteiger partial charge in [0, 0.05) is 13.2 Å². The van der Waals surface area contributed by atoms with Crippen molar-refractivity contribution in [3.05, 3.63) is 17.5 Å². The third-order valence-corrected chi connectivity index (χ3v) is 3.11. The van der Waals surface area contributed by atoms with Gasteiger partial charge in [0.2, 0.25) is 0 Å². The third-order valence-electron chi connectivity index (χ3n) is 3.11. The van der Waals surface area contributed by atoms with E-state index in [1.54, 1.807) is 10.9 Å². The molecule has 0 unspecified atom stereocenters. The van der Waals surface area contributed by atoms with Crippen LogP contribution in [0.5, 0.6) is 0 Å². The number of nitrogens with two attached hydrogens (primary N) is 1. The number of rotatable bonds is 3. The minimum atomic E-state index is -0.378. The third kappa shape index (κ3) is 2.41. The molecule has 5 nitrogen and oxygen atoms in total. The van der Waals surface area contributed by atoms with Gasteiger partial charge in [-0.05, 0) is 38.3 Å². The Balaban J connectivity index is 2.10. The number of carbonyl (C=O) groups is 1. The fraction of sp³-hybridized carbons (Fsp3) is 0.636. The van der Waals surface area contributed by atoms with E-state index in [0.29, 0.717) is 11.5 Å². The van der Waals surface area contributed by atoms with Crippen LogP contribution in [-0.4, -0.2) is 28.8 Å². The fourth-order valence-electron chi connectivity index (χ4n) is 2.25. The molecular formula is C11H18N4O. The zero-order valence-electron chi connectivity index (χ0n) is 9.57. The Kier molecular flexibility index (Phi) is 3.24. The van der Waals surface area contributed by atoms with Gasteiger partial charge < -0.3 is 11.1 Å². The summed E-state index contributed by atoms with van der Waals surface area (Å²) in [6.45, 7) is 2.12. The molecule has 2 heterocycles. The second-order valence-corrected chi connectivity index (χ2v) is 4.42. The average molecular weight is 222 g/mol. The van der Waals surface area contributed by atoms with Gasteiger partial charge in [-0.1, -0.05) is 0 Å². The molecule has 1 aromatic heterocycles. The lowest BCUT2D eigenvalue weighted by Gasteiger charge is -2.21. The van der Waals surface area contributed by atoms with Gasteiger partial charge in [-0.15, -0.1) is 0 Å². The summed E-state index contributed by atoms with van der Waals surface area (Å²) >= 11 is 0. The Morgan fingerprint density at radius 3 is 2.94 bits per heavy atom. The number of nitrogens with one attached hydrogen (secondary N) is 1. The van der Waals surface area contributed by atoms with Crippen LogP contribution in [0.4, 0.5) is 0 Å². The summed E-state index contributed by atoms with van der Waals surface area (Å²) in [5.74, 6) is 0.242. The molecule has 3 N–H and O–H groups in total. The van der Waals surface area contributed by atoms with Gasteiger partial charge in [0.15, 0.2) is 0 Å². The van der Waals surface area contributed by atoms with E-state index in [1.807, 2.05) is 7.05 Å². The first-order valence-electron chi connectivity index (χ1n) is 5.70. The van der Waals surface area contributed by atoms with Crippen molar-refractivity contribution in [1.29, 1.82) is 0 Å². The van der Waals surface area contributed by atoms with Crippen LogP contribution in [0.25, 0.3) is 0 Å². The molecule has 0 aliphatic carbocycles. The first-order chi connectivity index (χ1) is 7.66. The molecule has 16 heavy (non-hydrogen) atoms. The minimum Gasteiger partial charge on any atom is -0.365 e. The molecule has 1 aliphatic heterocycles. The summed E-state index contributed by atoms with van der Waals surface area (Å²) in [5, 5.41) is 7.65. The summed E-state index contributed by atoms with van der Waals surface area (Å²) in [7, 11) is 1.82. The Bertz CT molecular complexity index is 379. The van der Waals surface area contributed by atoms with Crippen molar-refractivity contribution in [3.8, 4) is 0 Å². The SMILES string of the molecule is Cn1cc(C(N)=O)c(CC2CCNCC2)n1. The van der Waals surface area contributed by atoms with Gasteiger partial charge in [0.1, 0.15) is 0 Å². The molecular weight excluding hydrogens is 204 g/mol. The Morgan fingerprint density at radius 2 is 2.31 bits per heavy atom. The topological polar surface area (TPSA) is 72.9 Å². The standard InChI is InChI=1S/C11H18N4O/c1-15-7-9(11(12)16)10(14-15)6-8-2-4-13-5-3-8/h7-8,13H,2-6H2,1H3,(H2,12,16). The van der Waals surface area contributed by atoms with Crippen LogP contribution in [0.1, 0.15) is 28.9 Å². The van der Waals surface area contributed by atoms with E-state index in [2.05, 4.69) is 10.4 Å². The number of aromatic nitrogens is 2. The second-order valence-electron chi connectivity index (χ2n) is 4.42. The summed E-state index contributed by atoms with van der Waals surface area (Å²) in [4.78, 5) is 11.2. The molecule has 1 aliphatic rings. The van der Waals surface area contributed by atoms with Crippen molar-refractivity contribution in [2.24, 2.45) is 18.7 Å². The van der Waals surface area contributed by atoms with Gasteiger partial charge in [0.25, 0.3) is 5.91 Å². The maximum atomic E-state index is 11.2. The highest BCUT2D eigenvalue weighted by Gasteiger charge is 2.19. The van der Waals surface area contributed by atoms with Crippen LogP contribution in [0.15, 0.2) is 6.20 Å². The van der Waals surface area contributed by atoms with E-state index < -0.39 is 0 Å². The Morgan fingerprint density at radius 1 is 1.62 bits per heavy atom. The number of hydrogen-bond donors (Lipinski definition) is 2. The molecule has 1 aromatic rings. The number of carbonyl (C=O) groups excluding carboxylic acids is 1. The average Bonchev–Trinajstić information content (AvgIpc) is 2.61. The summed E-state index contributed by atoms with van der Waals surface area (Å²) in [5.41, 5.74) is 6.75. The summed E-state index contributed by atoms with van der Waals surface area (Å²) in [6, 6.07) is 0. The maximum Gasteiger partial charge on any atom is 0.252 e. The Labute approximate surface area is 95.0 Å². The van der Waals surface area contributed by atoms with Crippen molar-refractivity contribution >= 4 is 5.91 Å². The van der Waals surface area contributed by atoms with Gasteiger partial charge >= 0.3 is 0 Å². The van der Waals surface area contributed by atoms with Crippen LogP contribution in [-0.2, 0) is 13.5 Å². The maximum absolute atomic E-state index is 11.2. The predicted octanol–water partition coefficient (Wildman–Crippen LogP) is 0.0611. The number of amides is 1. The van der Waals surface area contributed by atoms with Crippen LogP contribution in [0.2, 0.25) is 0 Å². The normalized spacial score (nSPS) is 17.6. The van der Waals surface area contributed by atoms with Crippen LogP contribution >= 0.6 is 0 Å². The van der Waals surface area contributed by atoms with Gasteiger partial charge in [0.05, 0.1) is 11.3 Å². The Hall–Kier alpha value is -1.36. The molecule has 5 heteroatoms. The molecule has 88 valence electrons.